The smallest absolute Gasteiger partial charge is 0.262 e. The minimum Gasteiger partial charge on any atom is -0.348 e. The molecule has 6 heteroatoms. The predicted molar refractivity (Wildman–Crippen MR) is 126 cm³/mol. The van der Waals surface area contributed by atoms with Crippen LogP contribution in [0.5, 0.6) is 0 Å². The molecule has 3 amide bonds. The highest BCUT2D eigenvalue weighted by atomic mass is 16.2. The van der Waals surface area contributed by atoms with Crippen molar-refractivity contribution in [2.45, 2.75) is 18.5 Å². The van der Waals surface area contributed by atoms with Crippen molar-refractivity contribution in [2.24, 2.45) is 0 Å². The number of nitrogens with one attached hydrogen (secondary N) is 2. The molecule has 2 N–H and O–H groups in total. The van der Waals surface area contributed by atoms with Crippen molar-refractivity contribution >= 4 is 17.7 Å². The second kappa shape index (κ2) is 9.79. The number of likely N-dealkylation sites (N-methyl/N-ethyl adjacent to an activating group) is 1. The maximum atomic E-state index is 13.5. The predicted octanol–water partition coefficient (Wildman–Crippen LogP) is 1.90. The molecule has 6 nitrogen and oxygen atoms in total. The molecule has 0 aliphatic carbocycles. The third-order valence-corrected chi connectivity index (χ3v) is 6.09. The van der Waals surface area contributed by atoms with Gasteiger partial charge in [-0.05, 0) is 17.7 Å². The van der Waals surface area contributed by atoms with Gasteiger partial charge in [0.1, 0.15) is 12.1 Å². The van der Waals surface area contributed by atoms with Crippen molar-refractivity contribution in [3.05, 3.63) is 107 Å². The third-order valence-electron chi connectivity index (χ3n) is 6.09. The van der Waals surface area contributed by atoms with Crippen molar-refractivity contribution in [1.29, 1.82) is 0 Å². The van der Waals surface area contributed by atoms with Crippen LogP contribution in [0, 0.1) is 0 Å². The first-order valence-electron chi connectivity index (χ1n) is 11.1. The normalized spacial score (nSPS) is 14.8. The Morgan fingerprint density at radius 2 is 1.33 bits per heavy atom. The van der Waals surface area contributed by atoms with Crippen LogP contribution in [-0.4, -0.2) is 49.3 Å². The monoisotopic (exact) mass is 442 g/mol. The number of benzene rings is 3. The molecule has 0 spiro atoms. The summed E-state index contributed by atoms with van der Waals surface area (Å²) in [6.45, 7) is 0.389. The van der Waals surface area contributed by atoms with E-state index in [0.717, 1.165) is 16.0 Å². The fourth-order valence-electron chi connectivity index (χ4n) is 4.29. The number of quaternary nitrogens is 1. The molecule has 4 rings (SSSR count). The zero-order valence-corrected chi connectivity index (χ0v) is 18.8. The van der Waals surface area contributed by atoms with Gasteiger partial charge in [-0.2, -0.15) is 0 Å². The van der Waals surface area contributed by atoms with Gasteiger partial charge in [0.15, 0.2) is 0 Å². The summed E-state index contributed by atoms with van der Waals surface area (Å²) in [4.78, 5) is 42.0. The SMILES string of the molecule is C[NH+](C)[C@H](CNC(=O)[C@H](Cc1ccccc1)N1C(=O)c2ccccc2C1=O)c1ccccc1. The van der Waals surface area contributed by atoms with Gasteiger partial charge in [-0.1, -0.05) is 72.8 Å². The number of hydrogen-bond donors (Lipinski definition) is 2. The Balaban J connectivity index is 1.59. The maximum absolute atomic E-state index is 13.5. The van der Waals surface area contributed by atoms with E-state index in [1.165, 1.54) is 4.90 Å². The molecule has 0 bridgehead atoms. The van der Waals surface area contributed by atoms with Gasteiger partial charge in [0, 0.05) is 12.0 Å². The van der Waals surface area contributed by atoms with E-state index in [-0.39, 0.29) is 18.4 Å². The summed E-state index contributed by atoms with van der Waals surface area (Å²) in [5.41, 5.74) is 2.67. The highest BCUT2D eigenvalue weighted by Crippen LogP contribution is 2.26. The van der Waals surface area contributed by atoms with Crippen LogP contribution >= 0.6 is 0 Å². The van der Waals surface area contributed by atoms with Crippen molar-refractivity contribution in [3.63, 3.8) is 0 Å². The fourth-order valence-corrected chi connectivity index (χ4v) is 4.29. The highest BCUT2D eigenvalue weighted by molar-refractivity contribution is 6.22. The fraction of sp³-hybridized carbons (Fsp3) is 0.222. The first-order chi connectivity index (χ1) is 16.0. The van der Waals surface area contributed by atoms with E-state index >= 15 is 0 Å². The summed E-state index contributed by atoms with van der Waals surface area (Å²) >= 11 is 0. The van der Waals surface area contributed by atoms with Gasteiger partial charge in [-0.25, -0.2) is 0 Å². The van der Waals surface area contributed by atoms with Crippen molar-refractivity contribution in [3.8, 4) is 0 Å². The van der Waals surface area contributed by atoms with E-state index in [1.807, 2.05) is 74.8 Å². The number of carbonyl (C=O) groups is 3. The quantitative estimate of drug-likeness (QED) is 0.524. The van der Waals surface area contributed by atoms with Crippen LogP contribution in [0.15, 0.2) is 84.9 Å². The van der Waals surface area contributed by atoms with E-state index in [4.69, 9.17) is 0 Å². The van der Waals surface area contributed by atoms with Crippen LogP contribution < -0.4 is 10.2 Å². The van der Waals surface area contributed by atoms with E-state index in [2.05, 4.69) is 5.32 Å². The van der Waals surface area contributed by atoms with Crippen LogP contribution in [0.1, 0.15) is 37.9 Å². The lowest BCUT2D eigenvalue weighted by Gasteiger charge is -2.27. The second-order valence-electron chi connectivity index (χ2n) is 8.52. The summed E-state index contributed by atoms with van der Waals surface area (Å²) in [7, 11) is 4.07. The minimum atomic E-state index is -0.937. The lowest BCUT2D eigenvalue weighted by atomic mass is 10.0. The summed E-state index contributed by atoms with van der Waals surface area (Å²) < 4.78 is 0. The number of amides is 3. The third kappa shape index (κ3) is 4.71. The molecular weight excluding hydrogens is 414 g/mol. The molecule has 0 radical (unpaired) electrons. The number of nitrogens with zero attached hydrogens (tertiary/aromatic N) is 1. The van der Waals surface area contributed by atoms with Gasteiger partial charge >= 0.3 is 0 Å². The van der Waals surface area contributed by atoms with Gasteiger partial charge in [-0.15, -0.1) is 0 Å². The summed E-state index contributed by atoms with van der Waals surface area (Å²) in [5, 5.41) is 3.02. The lowest BCUT2D eigenvalue weighted by molar-refractivity contribution is -0.890. The van der Waals surface area contributed by atoms with Gasteiger partial charge in [0.25, 0.3) is 11.8 Å². The Morgan fingerprint density at radius 3 is 1.88 bits per heavy atom. The number of rotatable bonds is 8. The molecular formula is C27H28N3O3+. The molecule has 0 unspecified atom stereocenters. The van der Waals surface area contributed by atoms with Crippen LogP contribution in [0.25, 0.3) is 0 Å². The maximum Gasteiger partial charge on any atom is 0.262 e. The van der Waals surface area contributed by atoms with E-state index in [1.54, 1.807) is 24.3 Å². The van der Waals surface area contributed by atoms with E-state index in [0.29, 0.717) is 17.7 Å². The van der Waals surface area contributed by atoms with Crippen LogP contribution in [-0.2, 0) is 11.2 Å². The van der Waals surface area contributed by atoms with E-state index < -0.39 is 17.9 Å². The lowest BCUT2D eigenvalue weighted by Crippen LogP contribution is -3.07. The second-order valence-corrected chi connectivity index (χ2v) is 8.52. The number of imide groups is 1. The molecule has 2 atom stereocenters. The molecule has 1 heterocycles. The first kappa shape index (κ1) is 22.4. The average Bonchev–Trinajstić information content (AvgIpc) is 3.09. The van der Waals surface area contributed by atoms with Crippen LogP contribution in [0.2, 0.25) is 0 Å². The molecule has 0 saturated heterocycles. The average molecular weight is 443 g/mol. The van der Waals surface area contributed by atoms with Crippen molar-refractivity contribution in [2.75, 3.05) is 20.6 Å². The van der Waals surface area contributed by atoms with E-state index in [9.17, 15) is 14.4 Å². The standard InChI is InChI=1S/C27H27N3O3/c1-29(2)24(20-13-7-4-8-14-20)18-28-25(31)23(17-19-11-5-3-6-12-19)30-26(32)21-15-9-10-16-22(21)27(30)33/h3-16,23-24H,17-18H2,1-2H3,(H,28,31)/p+1/t23-,24+/m0/s1. The zero-order chi connectivity index (χ0) is 23.4. The molecule has 0 saturated carbocycles. The van der Waals surface area contributed by atoms with Gasteiger partial charge in [-0.3, -0.25) is 19.3 Å². The largest absolute Gasteiger partial charge is 0.348 e. The summed E-state index contributed by atoms with van der Waals surface area (Å²) in [5.74, 6) is -1.19. The minimum absolute atomic E-state index is 0.0368. The molecule has 0 aromatic heterocycles. The molecule has 168 valence electrons. The van der Waals surface area contributed by atoms with Crippen molar-refractivity contribution in [1.82, 2.24) is 10.2 Å². The van der Waals surface area contributed by atoms with Crippen molar-refractivity contribution < 1.29 is 19.3 Å². The molecule has 3 aromatic rings. The number of fused-ring (bicyclic) bond motifs is 1. The molecule has 33 heavy (non-hydrogen) atoms. The molecule has 0 fully saturated rings. The molecule has 3 aromatic carbocycles. The van der Waals surface area contributed by atoms with Crippen LogP contribution in [0.4, 0.5) is 0 Å². The van der Waals surface area contributed by atoms with Gasteiger partial charge in [0.2, 0.25) is 5.91 Å². The first-order valence-corrected chi connectivity index (χ1v) is 11.1. The van der Waals surface area contributed by atoms with Gasteiger partial charge < -0.3 is 10.2 Å². The highest BCUT2D eigenvalue weighted by Gasteiger charge is 2.42. The molecule has 1 aliphatic heterocycles. The molecule has 1 aliphatic rings. The van der Waals surface area contributed by atoms with Crippen LogP contribution in [0.3, 0.4) is 0 Å². The Bertz CT molecular complexity index is 1110. The summed E-state index contributed by atoms with van der Waals surface area (Å²) in [6, 6.07) is 25.3. The van der Waals surface area contributed by atoms with Gasteiger partial charge in [0.05, 0.1) is 31.8 Å². The Morgan fingerprint density at radius 1 is 0.818 bits per heavy atom. The Hall–Kier alpha value is -3.77. The topological polar surface area (TPSA) is 70.9 Å². The Kier molecular flexibility index (Phi) is 6.66. The summed E-state index contributed by atoms with van der Waals surface area (Å²) in [6.07, 6.45) is 0.253. The number of hydrogen-bond acceptors (Lipinski definition) is 3. The zero-order valence-electron chi connectivity index (χ0n) is 18.8. The number of carbonyl (C=O) groups excluding carboxylic acids is 3. The Labute approximate surface area is 193 Å².